The van der Waals surface area contributed by atoms with E-state index in [9.17, 15) is 14.7 Å². The van der Waals surface area contributed by atoms with Crippen molar-refractivity contribution in [3.8, 4) is 22.3 Å². The molecule has 204 valence electrons. The van der Waals surface area contributed by atoms with Gasteiger partial charge in [0, 0.05) is 35.1 Å². The Bertz CT molecular complexity index is 1680. The van der Waals surface area contributed by atoms with Gasteiger partial charge in [-0.15, -0.1) is 0 Å². The summed E-state index contributed by atoms with van der Waals surface area (Å²) in [4.78, 5) is 27.0. The molecule has 5 rings (SSSR count). The van der Waals surface area contributed by atoms with Crippen molar-refractivity contribution in [1.82, 2.24) is 4.90 Å². The van der Waals surface area contributed by atoms with Crippen molar-refractivity contribution >= 4 is 46.4 Å². The van der Waals surface area contributed by atoms with Crippen molar-refractivity contribution in [3.05, 3.63) is 96.6 Å². The van der Waals surface area contributed by atoms with Crippen molar-refractivity contribution in [2.45, 2.75) is 39.8 Å². The molecule has 6 heteroatoms. The zero-order valence-electron chi connectivity index (χ0n) is 22.9. The second-order valence-electron chi connectivity index (χ2n) is 11.3. The summed E-state index contributed by atoms with van der Waals surface area (Å²) in [5.41, 5.74) is 6.12. The van der Waals surface area contributed by atoms with Gasteiger partial charge in [-0.05, 0) is 39.8 Å². The average molecular weight is 552 g/mol. The van der Waals surface area contributed by atoms with Gasteiger partial charge in [-0.2, -0.15) is 12.6 Å². The minimum absolute atomic E-state index is 0.0263. The third-order valence-corrected chi connectivity index (χ3v) is 7.40. The van der Waals surface area contributed by atoms with E-state index in [0.29, 0.717) is 0 Å². The number of nitrogens with zero attached hydrogens (tertiary/aromatic N) is 1. The van der Waals surface area contributed by atoms with Crippen LogP contribution >= 0.6 is 12.6 Å². The molecule has 0 radical (unpaired) electrons. The van der Waals surface area contributed by atoms with E-state index in [1.54, 1.807) is 0 Å². The summed E-state index contributed by atoms with van der Waals surface area (Å²) >= 11 is 4.29. The van der Waals surface area contributed by atoms with Crippen LogP contribution in [0.5, 0.6) is 0 Å². The van der Waals surface area contributed by atoms with Crippen LogP contribution in [0.1, 0.15) is 32.8 Å². The molecule has 40 heavy (non-hydrogen) atoms. The predicted octanol–water partition coefficient (Wildman–Crippen LogP) is 8.07. The van der Waals surface area contributed by atoms with E-state index in [1.807, 2.05) is 81.4 Å². The van der Waals surface area contributed by atoms with E-state index >= 15 is 0 Å². The van der Waals surface area contributed by atoms with Crippen molar-refractivity contribution in [2.24, 2.45) is 5.41 Å². The Morgan fingerprint density at radius 1 is 0.850 bits per heavy atom. The summed E-state index contributed by atoms with van der Waals surface area (Å²) < 4.78 is 6.38. The third kappa shape index (κ3) is 5.63. The fourth-order valence-corrected chi connectivity index (χ4v) is 5.53. The maximum atomic E-state index is 13.4. The molecule has 1 aromatic heterocycles. The second-order valence-corrected chi connectivity index (χ2v) is 11.7. The molecule has 0 aliphatic rings. The summed E-state index contributed by atoms with van der Waals surface area (Å²) in [6, 6.07) is 29.3. The van der Waals surface area contributed by atoms with Crippen molar-refractivity contribution in [2.75, 3.05) is 5.75 Å². The van der Waals surface area contributed by atoms with Crippen LogP contribution < -0.4 is 0 Å². The van der Waals surface area contributed by atoms with Gasteiger partial charge in [0.25, 0.3) is 0 Å². The number of aliphatic carboxylic acids is 1. The molecule has 0 saturated heterocycles. The van der Waals surface area contributed by atoms with Crippen LogP contribution in [0.15, 0.2) is 95.4 Å². The molecule has 0 fully saturated rings. The van der Waals surface area contributed by atoms with Gasteiger partial charge in [-0.3, -0.25) is 4.79 Å². The number of thiol groups is 1. The Morgan fingerprint density at radius 2 is 1.55 bits per heavy atom. The first-order chi connectivity index (χ1) is 19.2. The summed E-state index contributed by atoms with van der Waals surface area (Å²) in [7, 11) is 0. The first-order valence-electron chi connectivity index (χ1n) is 13.4. The Hall–Kier alpha value is -4.03. The smallest absolute Gasteiger partial charge is 0.327 e. The lowest BCUT2D eigenvalue weighted by molar-refractivity contribution is -0.150. The van der Waals surface area contributed by atoms with Crippen molar-refractivity contribution < 1.29 is 19.1 Å². The predicted molar refractivity (Wildman–Crippen MR) is 164 cm³/mol. The van der Waals surface area contributed by atoms with Crippen molar-refractivity contribution in [1.29, 1.82) is 0 Å². The molecule has 0 saturated carbocycles. The summed E-state index contributed by atoms with van der Waals surface area (Å²) in [6.07, 6.45) is 0.234. The molecular weight excluding hydrogens is 518 g/mol. The number of hydrogen-bond donors (Lipinski definition) is 2. The molecule has 1 N–H and O–H groups in total. The fraction of sp³-hybridized carbons (Fsp3) is 0.235. The van der Waals surface area contributed by atoms with Gasteiger partial charge < -0.3 is 14.4 Å². The molecule has 1 amide bonds. The highest BCUT2D eigenvalue weighted by Crippen LogP contribution is 2.40. The van der Waals surface area contributed by atoms with Crippen LogP contribution in [0.3, 0.4) is 0 Å². The minimum atomic E-state index is -1.06. The second kappa shape index (κ2) is 11.2. The zero-order valence-corrected chi connectivity index (χ0v) is 23.8. The monoisotopic (exact) mass is 551 g/mol. The van der Waals surface area contributed by atoms with Gasteiger partial charge in [0.1, 0.15) is 17.2 Å². The molecule has 1 atom stereocenters. The Balaban J connectivity index is 1.67. The molecule has 1 heterocycles. The number of carbonyl (C=O) groups is 2. The first-order valence-corrected chi connectivity index (χ1v) is 14.0. The lowest BCUT2D eigenvalue weighted by atomic mass is 9.90. The van der Waals surface area contributed by atoms with E-state index < -0.39 is 12.0 Å². The van der Waals surface area contributed by atoms with Crippen LogP contribution in [0.25, 0.3) is 44.2 Å². The molecule has 5 nitrogen and oxygen atoms in total. The van der Waals surface area contributed by atoms with Gasteiger partial charge in [-0.1, -0.05) is 99.6 Å². The highest BCUT2D eigenvalue weighted by Gasteiger charge is 2.31. The van der Waals surface area contributed by atoms with E-state index in [1.165, 1.54) is 4.90 Å². The highest BCUT2D eigenvalue weighted by atomic mass is 32.1. The summed E-state index contributed by atoms with van der Waals surface area (Å²) in [5.74, 6) is -1.24. The molecule has 4 aromatic carbocycles. The Morgan fingerprint density at radius 3 is 2.25 bits per heavy atom. The molecule has 0 spiro atoms. The van der Waals surface area contributed by atoms with Gasteiger partial charge in [0.15, 0.2) is 0 Å². The zero-order chi connectivity index (χ0) is 28.4. The number of amides is 1. The van der Waals surface area contributed by atoms with E-state index in [4.69, 9.17) is 4.42 Å². The van der Waals surface area contributed by atoms with Crippen LogP contribution in [-0.4, -0.2) is 33.7 Å². The highest BCUT2D eigenvalue weighted by molar-refractivity contribution is 7.80. The molecule has 1 unspecified atom stereocenters. The summed E-state index contributed by atoms with van der Waals surface area (Å²) in [6.45, 7) is 6.07. The lowest BCUT2D eigenvalue weighted by Crippen LogP contribution is -2.46. The molecular formula is C34H33NO4S. The standard InChI is InChI=1S/C34H33NO4S/c1-34(2,3)19-31(36)35(29(21-40)33(37)38)20-22-16-17-24(23-10-5-4-6-11-23)28(18-22)27-14-9-13-26-25-12-7-8-15-30(25)39-32(26)27/h4-18,29,40H,19-21H2,1-3H3,(H,37,38). The summed E-state index contributed by atoms with van der Waals surface area (Å²) in [5, 5.41) is 12.0. The van der Waals surface area contributed by atoms with E-state index in [2.05, 4.69) is 43.0 Å². The fourth-order valence-electron chi connectivity index (χ4n) is 5.18. The molecule has 0 aliphatic heterocycles. The van der Waals surface area contributed by atoms with E-state index in [-0.39, 0.29) is 30.0 Å². The van der Waals surface area contributed by atoms with Crippen LogP contribution in [0, 0.1) is 5.41 Å². The number of para-hydroxylation sites is 2. The average Bonchev–Trinajstić information content (AvgIpc) is 3.31. The Kier molecular flexibility index (Phi) is 7.72. The van der Waals surface area contributed by atoms with E-state index in [0.717, 1.165) is 49.8 Å². The number of fused-ring (bicyclic) bond motifs is 3. The van der Waals surface area contributed by atoms with Gasteiger partial charge in [0.2, 0.25) is 5.91 Å². The van der Waals surface area contributed by atoms with Crippen LogP contribution in [0.2, 0.25) is 0 Å². The quantitative estimate of drug-likeness (QED) is 0.191. The minimum Gasteiger partial charge on any atom is -0.480 e. The lowest BCUT2D eigenvalue weighted by Gasteiger charge is -2.31. The molecule has 0 aliphatic carbocycles. The van der Waals surface area contributed by atoms with Gasteiger partial charge in [0.05, 0.1) is 0 Å². The number of furan rings is 1. The first kappa shape index (κ1) is 27.5. The van der Waals surface area contributed by atoms with Crippen LogP contribution in [-0.2, 0) is 16.1 Å². The number of benzene rings is 4. The molecule has 0 bridgehead atoms. The number of carboxylic acids is 1. The number of carboxylic acid groups (broad SMARTS) is 1. The van der Waals surface area contributed by atoms with Gasteiger partial charge >= 0.3 is 5.97 Å². The largest absolute Gasteiger partial charge is 0.480 e. The number of hydrogen-bond acceptors (Lipinski definition) is 4. The number of rotatable bonds is 8. The number of carbonyl (C=O) groups excluding carboxylic acids is 1. The van der Waals surface area contributed by atoms with Gasteiger partial charge in [-0.25, -0.2) is 4.79 Å². The third-order valence-electron chi connectivity index (χ3n) is 7.05. The maximum absolute atomic E-state index is 13.4. The van der Waals surface area contributed by atoms with Crippen molar-refractivity contribution in [3.63, 3.8) is 0 Å². The normalized spacial score (nSPS) is 12.5. The van der Waals surface area contributed by atoms with Crippen LogP contribution in [0.4, 0.5) is 0 Å². The maximum Gasteiger partial charge on any atom is 0.327 e. The topological polar surface area (TPSA) is 70.8 Å². The SMILES string of the molecule is CC(C)(C)CC(=O)N(Cc1ccc(-c2ccccc2)c(-c2cccc3c2oc2ccccc23)c1)C(CS)C(=O)O. The Labute approximate surface area is 239 Å². The molecule has 5 aromatic rings.